The van der Waals surface area contributed by atoms with Gasteiger partial charge in [0.05, 0.1) is 6.61 Å². The van der Waals surface area contributed by atoms with Crippen molar-refractivity contribution >= 4 is 0 Å². The Hall–Kier alpha value is -0.240. The SMILES string of the molecule is COCC1O[C@H](O)[C@H](O)[C@@H](O)[C@@H]1O. The van der Waals surface area contributed by atoms with Crippen molar-refractivity contribution in [2.75, 3.05) is 13.7 Å². The minimum atomic E-state index is -1.49. The molecule has 6 nitrogen and oxygen atoms in total. The molecule has 5 atom stereocenters. The quantitative estimate of drug-likeness (QED) is 0.386. The predicted octanol–water partition coefficient (Wildman–Crippen LogP) is -2.57. The Balaban J connectivity index is 2.59. The largest absolute Gasteiger partial charge is 0.387 e. The fourth-order valence-corrected chi connectivity index (χ4v) is 1.23. The van der Waals surface area contributed by atoms with Gasteiger partial charge in [0, 0.05) is 7.11 Å². The van der Waals surface area contributed by atoms with Crippen LogP contribution in [0.5, 0.6) is 0 Å². The van der Waals surface area contributed by atoms with Crippen LogP contribution < -0.4 is 0 Å². The van der Waals surface area contributed by atoms with Crippen molar-refractivity contribution in [1.29, 1.82) is 0 Å². The molecular formula is C7H14O6. The van der Waals surface area contributed by atoms with Crippen molar-refractivity contribution in [2.45, 2.75) is 30.7 Å². The summed E-state index contributed by atoms with van der Waals surface area (Å²) < 4.78 is 9.49. The third-order valence-corrected chi connectivity index (χ3v) is 2.02. The topological polar surface area (TPSA) is 99.4 Å². The van der Waals surface area contributed by atoms with Crippen LogP contribution in [0.3, 0.4) is 0 Å². The van der Waals surface area contributed by atoms with E-state index >= 15 is 0 Å². The highest BCUT2D eigenvalue weighted by Crippen LogP contribution is 2.19. The van der Waals surface area contributed by atoms with Crippen molar-refractivity contribution < 1.29 is 29.9 Å². The average Bonchev–Trinajstić information content (AvgIpc) is 2.11. The van der Waals surface area contributed by atoms with Crippen molar-refractivity contribution in [3.63, 3.8) is 0 Å². The van der Waals surface area contributed by atoms with Crippen LogP contribution in [-0.2, 0) is 9.47 Å². The monoisotopic (exact) mass is 194 g/mol. The zero-order chi connectivity index (χ0) is 10.0. The van der Waals surface area contributed by atoms with Crippen LogP contribution in [0.25, 0.3) is 0 Å². The molecule has 0 bridgehead atoms. The molecule has 1 aliphatic rings. The zero-order valence-electron chi connectivity index (χ0n) is 7.20. The first-order valence-electron chi connectivity index (χ1n) is 3.94. The molecule has 1 saturated heterocycles. The summed E-state index contributed by atoms with van der Waals surface area (Å²) in [6.07, 6.45) is -6.46. The molecule has 1 fully saturated rings. The lowest BCUT2D eigenvalue weighted by Gasteiger charge is -2.37. The lowest BCUT2D eigenvalue weighted by molar-refractivity contribution is -0.287. The van der Waals surface area contributed by atoms with Crippen LogP contribution in [-0.4, -0.2) is 64.8 Å². The zero-order valence-corrected chi connectivity index (χ0v) is 7.20. The highest BCUT2D eigenvalue weighted by Gasteiger charge is 2.42. The molecule has 0 aromatic heterocycles. The van der Waals surface area contributed by atoms with Crippen LogP contribution in [0, 0.1) is 0 Å². The molecule has 1 rings (SSSR count). The maximum absolute atomic E-state index is 9.33. The van der Waals surface area contributed by atoms with Crippen LogP contribution >= 0.6 is 0 Å². The summed E-state index contributed by atoms with van der Waals surface area (Å²) in [7, 11) is 1.40. The van der Waals surface area contributed by atoms with Crippen molar-refractivity contribution in [3.05, 3.63) is 0 Å². The summed E-state index contributed by atoms with van der Waals surface area (Å²) in [5.74, 6) is 0. The first-order chi connectivity index (χ1) is 6.07. The molecular weight excluding hydrogens is 180 g/mol. The van der Waals surface area contributed by atoms with Gasteiger partial charge in [0.15, 0.2) is 6.29 Å². The van der Waals surface area contributed by atoms with Gasteiger partial charge in [-0.1, -0.05) is 0 Å². The molecule has 0 aromatic carbocycles. The van der Waals surface area contributed by atoms with Gasteiger partial charge in [-0.05, 0) is 0 Å². The van der Waals surface area contributed by atoms with Crippen molar-refractivity contribution in [1.82, 2.24) is 0 Å². The molecule has 0 radical (unpaired) electrons. The van der Waals surface area contributed by atoms with E-state index in [4.69, 9.17) is 19.7 Å². The van der Waals surface area contributed by atoms with Crippen molar-refractivity contribution in [3.8, 4) is 0 Å². The van der Waals surface area contributed by atoms with Gasteiger partial charge in [-0.15, -0.1) is 0 Å². The first-order valence-corrected chi connectivity index (χ1v) is 3.94. The van der Waals surface area contributed by atoms with Gasteiger partial charge in [-0.3, -0.25) is 0 Å². The number of aliphatic hydroxyl groups is 4. The summed E-state index contributed by atoms with van der Waals surface area (Å²) in [6, 6.07) is 0. The molecule has 1 aliphatic heterocycles. The third-order valence-electron chi connectivity index (χ3n) is 2.02. The average molecular weight is 194 g/mol. The molecule has 0 aromatic rings. The minimum Gasteiger partial charge on any atom is -0.387 e. The Kier molecular flexibility index (Phi) is 3.60. The van der Waals surface area contributed by atoms with Gasteiger partial charge in [-0.2, -0.15) is 0 Å². The highest BCUT2D eigenvalue weighted by atomic mass is 16.6. The number of hydrogen-bond acceptors (Lipinski definition) is 6. The molecule has 1 unspecified atom stereocenters. The number of aliphatic hydroxyl groups excluding tert-OH is 4. The molecule has 0 aliphatic carbocycles. The lowest BCUT2D eigenvalue weighted by Crippen LogP contribution is -2.58. The molecule has 1 heterocycles. The van der Waals surface area contributed by atoms with E-state index in [9.17, 15) is 10.2 Å². The third kappa shape index (κ3) is 2.16. The molecule has 0 saturated carbocycles. The summed E-state index contributed by atoms with van der Waals surface area (Å²) in [6.45, 7) is 0.0437. The van der Waals surface area contributed by atoms with Crippen LogP contribution in [0.1, 0.15) is 0 Å². The second-order valence-corrected chi connectivity index (χ2v) is 2.99. The van der Waals surface area contributed by atoms with Gasteiger partial charge in [0.1, 0.15) is 24.4 Å². The van der Waals surface area contributed by atoms with E-state index in [2.05, 4.69) is 0 Å². The number of methoxy groups -OCH3 is 1. The van der Waals surface area contributed by atoms with E-state index in [1.165, 1.54) is 7.11 Å². The molecule has 13 heavy (non-hydrogen) atoms. The summed E-state index contributed by atoms with van der Waals surface area (Å²) in [5.41, 5.74) is 0. The maximum Gasteiger partial charge on any atom is 0.184 e. The van der Waals surface area contributed by atoms with Gasteiger partial charge < -0.3 is 29.9 Å². The Bertz CT molecular complexity index is 163. The van der Waals surface area contributed by atoms with E-state index in [1.807, 2.05) is 0 Å². The number of rotatable bonds is 2. The smallest absolute Gasteiger partial charge is 0.184 e. The Labute approximate surface area is 75.3 Å². The number of hydrogen-bond donors (Lipinski definition) is 4. The Morgan fingerprint density at radius 2 is 1.69 bits per heavy atom. The minimum absolute atomic E-state index is 0.0437. The normalized spacial score (nSPS) is 46.4. The second kappa shape index (κ2) is 4.32. The second-order valence-electron chi connectivity index (χ2n) is 2.99. The van der Waals surface area contributed by atoms with Crippen molar-refractivity contribution in [2.24, 2.45) is 0 Å². The van der Waals surface area contributed by atoms with Crippen LogP contribution in [0.15, 0.2) is 0 Å². The predicted molar refractivity (Wildman–Crippen MR) is 40.8 cm³/mol. The standard InChI is InChI=1S/C7H14O6/c1-12-2-3-4(8)5(9)6(10)7(11)13-3/h3-11H,2H2,1H3/t3?,4-,5+,6-,7+/m1/s1. The van der Waals surface area contributed by atoms with Gasteiger partial charge >= 0.3 is 0 Å². The molecule has 0 amide bonds. The fourth-order valence-electron chi connectivity index (χ4n) is 1.23. The van der Waals surface area contributed by atoms with E-state index in [0.29, 0.717) is 0 Å². The van der Waals surface area contributed by atoms with E-state index in [-0.39, 0.29) is 6.61 Å². The van der Waals surface area contributed by atoms with Gasteiger partial charge in [-0.25, -0.2) is 0 Å². The first kappa shape index (κ1) is 10.8. The lowest BCUT2D eigenvalue weighted by atomic mass is 9.99. The maximum atomic E-state index is 9.33. The molecule has 4 N–H and O–H groups in total. The summed E-state index contributed by atoms with van der Waals surface area (Å²) >= 11 is 0. The van der Waals surface area contributed by atoms with E-state index < -0.39 is 30.7 Å². The summed E-state index contributed by atoms with van der Waals surface area (Å²) in [4.78, 5) is 0. The van der Waals surface area contributed by atoms with Crippen LogP contribution in [0.4, 0.5) is 0 Å². The molecule has 6 heteroatoms. The molecule has 78 valence electrons. The van der Waals surface area contributed by atoms with E-state index in [1.54, 1.807) is 0 Å². The van der Waals surface area contributed by atoms with Gasteiger partial charge in [0.25, 0.3) is 0 Å². The van der Waals surface area contributed by atoms with E-state index in [0.717, 1.165) is 0 Å². The fraction of sp³-hybridized carbons (Fsp3) is 1.00. The van der Waals surface area contributed by atoms with Gasteiger partial charge in [0.2, 0.25) is 0 Å². The number of ether oxygens (including phenoxy) is 2. The highest BCUT2D eigenvalue weighted by molar-refractivity contribution is 4.88. The Morgan fingerprint density at radius 3 is 2.23 bits per heavy atom. The summed E-state index contributed by atoms with van der Waals surface area (Å²) in [5, 5.41) is 36.7. The molecule has 0 spiro atoms. The Morgan fingerprint density at radius 1 is 1.08 bits per heavy atom. The van der Waals surface area contributed by atoms with Crippen LogP contribution in [0.2, 0.25) is 0 Å².